The Hall–Kier alpha value is -2.60. The summed E-state index contributed by atoms with van der Waals surface area (Å²) in [4.78, 5) is 9.28. The quantitative estimate of drug-likeness (QED) is 0.906. The van der Waals surface area contributed by atoms with Crippen LogP contribution in [0.5, 0.6) is 5.75 Å². The second kappa shape index (κ2) is 6.96. The van der Waals surface area contributed by atoms with E-state index in [4.69, 9.17) is 9.73 Å². The molecule has 1 atom stereocenters. The predicted octanol–water partition coefficient (Wildman–Crippen LogP) is 2.59. The van der Waals surface area contributed by atoms with Crippen LogP contribution in [0.15, 0.2) is 53.3 Å². The Balaban J connectivity index is 1.53. The van der Waals surface area contributed by atoms with Gasteiger partial charge in [0.05, 0.1) is 18.5 Å². The highest BCUT2D eigenvalue weighted by molar-refractivity contribution is 6.00. The van der Waals surface area contributed by atoms with Crippen molar-refractivity contribution in [1.82, 2.24) is 15.1 Å². The molecule has 5 nitrogen and oxygen atoms in total. The summed E-state index contributed by atoms with van der Waals surface area (Å²) in [5.74, 6) is 0.773. The number of methoxy groups -OCH3 is 1. The van der Waals surface area contributed by atoms with E-state index in [0.29, 0.717) is 6.04 Å². The van der Waals surface area contributed by atoms with Crippen LogP contribution in [0.4, 0.5) is 4.39 Å². The predicted molar refractivity (Wildman–Crippen MR) is 101 cm³/mol. The van der Waals surface area contributed by atoms with E-state index >= 15 is 0 Å². The zero-order chi connectivity index (χ0) is 18.1. The molecule has 26 heavy (non-hydrogen) atoms. The van der Waals surface area contributed by atoms with E-state index in [-0.39, 0.29) is 11.6 Å². The summed E-state index contributed by atoms with van der Waals surface area (Å²) in [6, 6.07) is 5.34. The van der Waals surface area contributed by atoms with Crippen LogP contribution in [-0.2, 0) is 0 Å². The Morgan fingerprint density at radius 1 is 1.31 bits per heavy atom. The largest absolute Gasteiger partial charge is 0.494 e. The minimum Gasteiger partial charge on any atom is -0.494 e. The molecule has 0 amide bonds. The van der Waals surface area contributed by atoms with E-state index in [1.54, 1.807) is 12.1 Å². The van der Waals surface area contributed by atoms with Gasteiger partial charge in [0, 0.05) is 44.0 Å². The number of amidine groups is 1. The van der Waals surface area contributed by atoms with Crippen LogP contribution in [0.25, 0.3) is 5.70 Å². The van der Waals surface area contributed by atoms with Gasteiger partial charge in [-0.3, -0.25) is 0 Å². The fourth-order valence-corrected chi connectivity index (χ4v) is 3.48. The maximum absolute atomic E-state index is 13.6. The number of allylic oxidation sites excluding steroid dienone is 1. The Morgan fingerprint density at radius 2 is 2.19 bits per heavy atom. The number of nitrogens with one attached hydrogen (secondary N) is 1. The normalized spacial score (nSPS) is 22.4. The molecule has 3 aliphatic rings. The van der Waals surface area contributed by atoms with E-state index < -0.39 is 0 Å². The van der Waals surface area contributed by atoms with Gasteiger partial charge in [0.2, 0.25) is 0 Å². The maximum atomic E-state index is 13.6. The summed E-state index contributed by atoms with van der Waals surface area (Å²) < 4.78 is 18.7. The van der Waals surface area contributed by atoms with Crippen LogP contribution in [0.1, 0.15) is 12.5 Å². The summed E-state index contributed by atoms with van der Waals surface area (Å²) in [5, 5.41) is 3.47. The van der Waals surface area contributed by atoms with Gasteiger partial charge in [0.1, 0.15) is 5.84 Å². The minimum atomic E-state index is -0.364. The van der Waals surface area contributed by atoms with E-state index in [1.165, 1.54) is 18.9 Å². The number of ether oxygens (including phenoxy) is 1. The second-order valence-corrected chi connectivity index (χ2v) is 6.75. The molecule has 0 saturated carbocycles. The molecule has 1 saturated heterocycles. The molecule has 0 aliphatic carbocycles. The van der Waals surface area contributed by atoms with Gasteiger partial charge in [-0.05, 0) is 43.4 Å². The number of piperazine rings is 1. The van der Waals surface area contributed by atoms with Gasteiger partial charge in [-0.25, -0.2) is 9.38 Å². The third kappa shape index (κ3) is 3.24. The summed E-state index contributed by atoms with van der Waals surface area (Å²) in [6.07, 6.45) is 8.40. The van der Waals surface area contributed by atoms with E-state index in [2.05, 4.69) is 46.5 Å². The van der Waals surface area contributed by atoms with Crippen molar-refractivity contribution in [3.8, 4) is 5.75 Å². The maximum Gasteiger partial charge on any atom is 0.165 e. The van der Waals surface area contributed by atoms with Crippen molar-refractivity contribution in [2.75, 3.05) is 33.3 Å². The molecule has 6 heteroatoms. The van der Waals surface area contributed by atoms with Crippen molar-refractivity contribution >= 4 is 11.5 Å². The molecule has 136 valence electrons. The average molecular weight is 354 g/mol. The van der Waals surface area contributed by atoms with Crippen molar-refractivity contribution in [2.24, 2.45) is 4.99 Å². The van der Waals surface area contributed by atoms with Crippen LogP contribution >= 0.6 is 0 Å². The fourth-order valence-electron chi connectivity index (χ4n) is 3.48. The van der Waals surface area contributed by atoms with E-state index in [1.807, 2.05) is 0 Å². The lowest BCUT2D eigenvalue weighted by Crippen LogP contribution is -2.49. The Kier molecular flexibility index (Phi) is 4.51. The summed E-state index contributed by atoms with van der Waals surface area (Å²) in [6.45, 7) is 5.97. The zero-order valence-electron chi connectivity index (χ0n) is 15.1. The van der Waals surface area contributed by atoms with Gasteiger partial charge in [-0.1, -0.05) is 0 Å². The minimum absolute atomic E-state index is 0.236. The van der Waals surface area contributed by atoms with Crippen LogP contribution < -0.4 is 10.1 Å². The number of rotatable bonds is 3. The standard InChI is InChI=1S/C20H23FN4O/c1-14-12-24(10-8-22-14)16-4-6-20-23-18(7-9-25(20)13-16)15-3-5-17(21)19(11-15)26-2/h3-7,11,13-14,22H,8-10,12H2,1-2H3/t14-/m0/s1. The molecule has 3 heterocycles. The number of hydrogen-bond acceptors (Lipinski definition) is 5. The highest BCUT2D eigenvalue weighted by Crippen LogP contribution is 2.28. The molecular weight excluding hydrogens is 331 g/mol. The molecule has 4 rings (SSSR count). The highest BCUT2D eigenvalue weighted by atomic mass is 19.1. The van der Waals surface area contributed by atoms with Crippen molar-refractivity contribution in [1.29, 1.82) is 0 Å². The SMILES string of the molecule is COc1cc(C2=CCN3C=C(N4CCN[C@@H](C)C4)C=CC3=N2)ccc1F. The van der Waals surface area contributed by atoms with Crippen LogP contribution in [0, 0.1) is 5.82 Å². The van der Waals surface area contributed by atoms with Crippen LogP contribution in [0.3, 0.4) is 0 Å². The Bertz CT molecular complexity index is 827. The zero-order valence-corrected chi connectivity index (χ0v) is 15.1. The molecule has 0 radical (unpaired) electrons. The second-order valence-electron chi connectivity index (χ2n) is 6.75. The number of hydrogen-bond donors (Lipinski definition) is 1. The van der Waals surface area contributed by atoms with E-state index in [9.17, 15) is 4.39 Å². The average Bonchev–Trinajstić information content (AvgIpc) is 2.67. The summed E-state index contributed by atoms with van der Waals surface area (Å²) >= 11 is 0. The lowest BCUT2D eigenvalue weighted by Gasteiger charge is -2.37. The fraction of sp³-hybridized carbons (Fsp3) is 0.350. The molecule has 0 aromatic heterocycles. The molecule has 3 aliphatic heterocycles. The number of benzene rings is 1. The lowest BCUT2D eigenvalue weighted by molar-refractivity contribution is 0.258. The number of aliphatic imine (C=N–C) groups is 1. The van der Waals surface area contributed by atoms with Crippen molar-refractivity contribution in [2.45, 2.75) is 13.0 Å². The highest BCUT2D eigenvalue weighted by Gasteiger charge is 2.22. The van der Waals surface area contributed by atoms with Gasteiger partial charge in [-0.2, -0.15) is 0 Å². The third-order valence-corrected chi connectivity index (χ3v) is 4.88. The third-order valence-electron chi connectivity index (χ3n) is 4.88. The molecule has 1 fully saturated rings. The van der Waals surface area contributed by atoms with Crippen molar-refractivity contribution in [3.63, 3.8) is 0 Å². The smallest absolute Gasteiger partial charge is 0.165 e. The summed E-state index contributed by atoms with van der Waals surface area (Å²) in [7, 11) is 1.47. The van der Waals surface area contributed by atoms with Gasteiger partial charge in [-0.15, -0.1) is 0 Å². The molecule has 1 aromatic carbocycles. The molecule has 0 bridgehead atoms. The molecule has 1 aromatic rings. The first-order valence-corrected chi connectivity index (χ1v) is 8.91. The first-order valence-electron chi connectivity index (χ1n) is 8.91. The van der Waals surface area contributed by atoms with Gasteiger partial charge >= 0.3 is 0 Å². The van der Waals surface area contributed by atoms with E-state index in [0.717, 1.165) is 43.3 Å². The molecule has 0 unspecified atom stereocenters. The monoisotopic (exact) mass is 354 g/mol. The first-order chi connectivity index (χ1) is 12.6. The van der Waals surface area contributed by atoms with Gasteiger partial charge < -0.3 is 19.9 Å². The molecule has 1 N–H and O–H groups in total. The summed E-state index contributed by atoms with van der Waals surface area (Å²) in [5.41, 5.74) is 2.92. The van der Waals surface area contributed by atoms with Crippen LogP contribution in [-0.4, -0.2) is 55.0 Å². The van der Waals surface area contributed by atoms with Crippen molar-refractivity contribution < 1.29 is 9.13 Å². The number of fused-ring (bicyclic) bond motifs is 1. The Labute approximate surface area is 153 Å². The number of halogens is 1. The Morgan fingerprint density at radius 3 is 3.00 bits per heavy atom. The lowest BCUT2D eigenvalue weighted by atomic mass is 10.1. The van der Waals surface area contributed by atoms with Gasteiger partial charge in [0.25, 0.3) is 0 Å². The number of nitrogens with zero attached hydrogens (tertiary/aromatic N) is 3. The molecule has 0 spiro atoms. The van der Waals surface area contributed by atoms with Crippen LogP contribution in [0.2, 0.25) is 0 Å². The molecular formula is C20H23FN4O. The van der Waals surface area contributed by atoms with Gasteiger partial charge in [0.15, 0.2) is 11.6 Å². The topological polar surface area (TPSA) is 40.1 Å². The first kappa shape index (κ1) is 16.8. The van der Waals surface area contributed by atoms with Crippen molar-refractivity contribution in [3.05, 3.63) is 59.7 Å².